The average molecular weight is 335 g/mol. The molecule has 1 aliphatic rings. The van der Waals surface area contributed by atoms with E-state index in [1.165, 1.54) is 12.3 Å². The number of amides is 1. The molecule has 0 saturated heterocycles. The quantitative estimate of drug-likeness (QED) is 0.904. The summed E-state index contributed by atoms with van der Waals surface area (Å²) >= 11 is 0. The van der Waals surface area contributed by atoms with E-state index in [1.54, 1.807) is 13.0 Å². The van der Waals surface area contributed by atoms with Crippen LogP contribution < -0.4 is 11.2 Å². The third-order valence-corrected chi connectivity index (χ3v) is 4.91. The first-order chi connectivity index (χ1) is 11.3. The van der Waals surface area contributed by atoms with Gasteiger partial charge < -0.3 is 10.7 Å². The van der Waals surface area contributed by atoms with E-state index in [0.29, 0.717) is 30.5 Å². The van der Waals surface area contributed by atoms with Gasteiger partial charge in [-0.05, 0) is 25.3 Å². The predicted octanol–water partition coefficient (Wildman–Crippen LogP) is 2.95. The number of aromatic amines is 1. The van der Waals surface area contributed by atoms with Gasteiger partial charge in [-0.15, -0.1) is 0 Å². The van der Waals surface area contributed by atoms with Crippen LogP contribution in [0, 0.1) is 5.92 Å². The Bertz CT molecular complexity index is 847. The maximum absolute atomic E-state index is 14.2. The van der Waals surface area contributed by atoms with Crippen molar-refractivity contribution in [3.05, 3.63) is 39.9 Å². The fraction of sp³-hybridized carbons (Fsp3) is 0.471. The summed E-state index contributed by atoms with van der Waals surface area (Å²) in [5.41, 5.74) is 5.57. The van der Waals surface area contributed by atoms with Crippen LogP contribution in [0.5, 0.6) is 0 Å². The minimum atomic E-state index is -2.74. The Morgan fingerprint density at radius 2 is 2.21 bits per heavy atom. The Balaban J connectivity index is 2.03. The Morgan fingerprint density at radius 1 is 1.46 bits per heavy atom. The number of halogens is 2. The molecule has 2 aromatic rings. The van der Waals surface area contributed by atoms with Crippen LogP contribution >= 0.6 is 0 Å². The van der Waals surface area contributed by atoms with E-state index < -0.39 is 29.1 Å². The molecule has 2 aromatic heterocycles. The molecule has 1 amide bonds. The minimum Gasteiger partial charge on any atom is -0.364 e. The van der Waals surface area contributed by atoms with Gasteiger partial charge in [0.15, 0.2) is 5.43 Å². The highest BCUT2D eigenvalue weighted by molar-refractivity contribution is 6.03. The zero-order chi connectivity index (χ0) is 17.5. The maximum atomic E-state index is 14.2. The molecule has 3 rings (SSSR count). The van der Waals surface area contributed by atoms with E-state index in [9.17, 15) is 18.4 Å². The third-order valence-electron chi connectivity index (χ3n) is 4.91. The van der Waals surface area contributed by atoms with Crippen LogP contribution in [0.15, 0.2) is 23.1 Å². The minimum absolute atomic E-state index is 0.0998. The second kappa shape index (κ2) is 5.96. The molecule has 128 valence electrons. The SMILES string of the molecule is CCC1CCC(c2cc(=O)c3c(C(N)=O)nccc3[nH]2)CC1(F)F. The molecule has 1 fully saturated rings. The Morgan fingerprint density at radius 3 is 2.83 bits per heavy atom. The summed E-state index contributed by atoms with van der Waals surface area (Å²) in [6.45, 7) is 1.77. The monoisotopic (exact) mass is 335 g/mol. The van der Waals surface area contributed by atoms with Gasteiger partial charge in [-0.25, -0.2) is 8.78 Å². The molecule has 2 atom stereocenters. The number of primary amides is 1. The van der Waals surface area contributed by atoms with Crippen molar-refractivity contribution >= 4 is 16.8 Å². The van der Waals surface area contributed by atoms with Crippen molar-refractivity contribution in [1.82, 2.24) is 9.97 Å². The summed E-state index contributed by atoms with van der Waals surface area (Å²) in [7, 11) is 0. The molecule has 24 heavy (non-hydrogen) atoms. The average Bonchev–Trinajstić information content (AvgIpc) is 2.53. The molecule has 0 bridgehead atoms. The lowest BCUT2D eigenvalue weighted by Crippen LogP contribution is -2.35. The standard InChI is InChI=1S/C17H19F2N3O2/c1-2-10-4-3-9(8-17(10,18)19)12-7-13(23)14-11(22-12)5-6-21-15(14)16(20)24/h5-7,9-10H,2-4,8H2,1H3,(H2,20,24)(H,22,23). The van der Waals surface area contributed by atoms with Gasteiger partial charge in [-0.1, -0.05) is 6.92 Å². The van der Waals surface area contributed by atoms with Crippen LogP contribution in [0.3, 0.4) is 0 Å². The van der Waals surface area contributed by atoms with Gasteiger partial charge in [0, 0.05) is 36.2 Å². The number of nitrogens with one attached hydrogen (secondary N) is 1. The van der Waals surface area contributed by atoms with E-state index in [-0.39, 0.29) is 17.5 Å². The van der Waals surface area contributed by atoms with Crippen molar-refractivity contribution in [2.45, 2.75) is 44.4 Å². The summed E-state index contributed by atoms with van der Waals surface area (Å²) in [5, 5.41) is 0.0998. The number of hydrogen-bond donors (Lipinski definition) is 2. The second-order valence-electron chi connectivity index (χ2n) is 6.38. The van der Waals surface area contributed by atoms with Crippen molar-refractivity contribution in [1.29, 1.82) is 0 Å². The van der Waals surface area contributed by atoms with Crippen LogP contribution in [0.2, 0.25) is 0 Å². The van der Waals surface area contributed by atoms with Crippen LogP contribution in [-0.4, -0.2) is 21.8 Å². The molecule has 0 aliphatic heterocycles. The van der Waals surface area contributed by atoms with Crippen molar-refractivity contribution in [3.63, 3.8) is 0 Å². The summed E-state index contributed by atoms with van der Waals surface area (Å²) in [4.78, 5) is 30.7. The molecule has 1 aliphatic carbocycles. The number of hydrogen-bond acceptors (Lipinski definition) is 3. The normalized spacial score (nSPS) is 23.3. The molecular formula is C17H19F2N3O2. The molecule has 1 saturated carbocycles. The van der Waals surface area contributed by atoms with Gasteiger partial charge in [-0.3, -0.25) is 14.6 Å². The molecule has 5 nitrogen and oxygen atoms in total. The van der Waals surface area contributed by atoms with Crippen LogP contribution in [0.4, 0.5) is 8.78 Å². The van der Waals surface area contributed by atoms with E-state index in [2.05, 4.69) is 9.97 Å². The second-order valence-corrected chi connectivity index (χ2v) is 6.38. The maximum Gasteiger partial charge on any atom is 0.268 e. The van der Waals surface area contributed by atoms with Crippen molar-refractivity contribution in [2.24, 2.45) is 11.7 Å². The van der Waals surface area contributed by atoms with Crippen molar-refractivity contribution in [3.8, 4) is 0 Å². The number of carbonyl (C=O) groups excluding carboxylic acids is 1. The molecule has 7 heteroatoms. The number of H-pyrrole nitrogens is 1. The van der Waals surface area contributed by atoms with Gasteiger partial charge in [0.05, 0.1) is 10.9 Å². The summed E-state index contributed by atoms with van der Waals surface area (Å²) < 4.78 is 28.5. The highest BCUT2D eigenvalue weighted by Gasteiger charge is 2.44. The first kappa shape index (κ1) is 16.5. The van der Waals surface area contributed by atoms with Gasteiger partial charge >= 0.3 is 0 Å². The molecule has 3 N–H and O–H groups in total. The summed E-state index contributed by atoms with van der Waals surface area (Å²) in [6, 6.07) is 2.84. The summed E-state index contributed by atoms with van der Waals surface area (Å²) in [6.07, 6.45) is 2.56. The molecule has 2 heterocycles. The highest BCUT2D eigenvalue weighted by atomic mass is 19.3. The van der Waals surface area contributed by atoms with Crippen LogP contribution in [0.1, 0.15) is 54.7 Å². The number of rotatable bonds is 3. The number of carbonyl (C=O) groups is 1. The molecule has 0 spiro atoms. The number of aromatic nitrogens is 2. The Hall–Kier alpha value is -2.31. The lowest BCUT2D eigenvalue weighted by atomic mass is 9.76. The fourth-order valence-corrected chi connectivity index (χ4v) is 3.61. The van der Waals surface area contributed by atoms with Gasteiger partial charge in [0.25, 0.3) is 11.8 Å². The van der Waals surface area contributed by atoms with Crippen LogP contribution in [-0.2, 0) is 0 Å². The van der Waals surface area contributed by atoms with E-state index in [1.807, 2.05) is 0 Å². The predicted molar refractivity (Wildman–Crippen MR) is 86.2 cm³/mol. The Labute approximate surface area is 137 Å². The fourth-order valence-electron chi connectivity index (χ4n) is 3.61. The van der Waals surface area contributed by atoms with Crippen molar-refractivity contribution in [2.75, 3.05) is 0 Å². The number of alkyl halides is 2. The zero-order valence-corrected chi connectivity index (χ0v) is 13.3. The van der Waals surface area contributed by atoms with Gasteiger partial charge in [-0.2, -0.15) is 0 Å². The molecule has 0 aromatic carbocycles. The number of pyridine rings is 2. The topological polar surface area (TPSA) is 88.8 Å². The van der Waals surface area contributed by atoms with E-state index in [4.69, 9.17) is 5.73 Å². The van der Waals surface area contributed by atoms with E-state index in [0.717, 1.165) is 0 Å². The van der Waals surface area contributed by atoms with Gasteiger partial charge in [0.2, 0.25) is 0 Å². The van der Waals surface area contributed by atoms with Crippen LogP contribution in [0.25, 0.3) is 10.9 Å². The first-order valence-corrected chi connectivity index (χ1v) is 8.03. The lowest BCUT2D eigenvalue weighted by Gasteiger charge is -2.35. The number of nitrogens with two attached hydrogens (primary N) is 1. The molecule has 0 radical (unpaired) electrons. The smallest absolute Gasteiger partial charge is 0.268 e. The number of nitrogens with zero attached hydrogens (tertiary/aromatic N) is 1. The number of fused-ring (bicyclic) bond motifs is 1. The summed E-state index contributed by atoms with van der Waals surface area (Å²) in [5.74, 6) is -4.55. The zero-order valence-electron chi connectivity index (χ0n) is 13.3. The van der Waals surface area contributed by atoms with Gasteiger partial charge in [0.1, 0.15) is 5.69 Å². The largest absolute Gasteiger partial charge is 0.364 e. The first-order valence-electron chi connectivity index (χ1n) is 8.03. The molecular weight excluding hydrogens is 316 g/mol. The molecule has 2 unspecified atom stereocenters. The lowest BCUT2D eigenvalue weighted by molar-refractivity contribution is -0.0931. The Kier molecular flexibility index (Phi) is 4.11. The van der Waals surface area contributed by atoms with Crippen molar-refractivity contribution < 1.29 is 13.6 Å². The van der Waals surface area contributed by atoms with E-state index >= 15 is 0 Å². The highest BCUT2D eigenvalue weighted by Crippen LogP contribution is 2.46. The third kappa shape index (κ3) is 2.79.